The summed E-state index contributed by atoms with van der Waals surface area (Å²) in [5, 5.41) is 0. The van der Waals surface area contributed by atoms with Gasteiger partial charge in [-0.05, 0) is 43.5 Å². The number of rotatable bonds is 4. The van der Waals surface area contributed by atoms with E-state index in [0.717, 1.165) is 30.4 Å². The van der Waals surface area contributed by atoms with Crippen LogP contribution in [0.15, 0.2) is 66.2 Å². The lowest BCUT2D eigenvalue weighted by Crippen LogP contribution is -2.10. The third-order valence-corrected chi connectivity index (χ3v) is 3.97. The fraction of sp³-hybridized carbons (Fsp3) is 0.208. The van der Waals surface area contributed by atoms with Crippen LogP contribution < -0.4 is 4.74 Å². The minimum absolute atomic E-state index is 0.261. The fourth-order valence-corrected chi connectivity index (χ4v) is 2.62. The number of ether oxygens (including phenoxy) is 2. The highest BCUT2D eigenvalue weighted by Gasteiger charge is 2.16. The molecule has 2 aromatic carbocycles. The van der Waals surface area contributed by atoms with Gasteiger partial charge in [-0.1, -0.05) is 60.1 Å². The highest BCUT2D eigenvalue weighted by Crippen LogP contribution is 2.22. The number of allylic oxidation sites excluding steroid dienone is 1. The Morgan fingerprint density at radius 1 is 0.926 bits per heavy atom. The van der Waals surface area contributed by atoms with E-state index in [0.29, 0.717) is 17.9 Å². The summed E-state index contributed by atoms with van der Waals surface area (Å²) in [5.41, 5.74) is 2.38. The van der Waals surface area contributed by atoms with Crippen LogP contribution in [-0.2, 0) is 9.53 Å². The van der Waals surface area contributed by atoms with Crippen molar-refractivity contribution >= 4 is 5.97 Å². The van der Waals surface area contributed by atoms with Crippen molar-refractivity contribution in [3.05, 3.63) is 77.4 Å². The minimum atomic E-state index is -0.283. The van der Waals surface area contributed by atoms with Crippen LogP contribution in [0.25, 0.3) is 0 Å². The average molecular weight is 356 g/mol. The molecule has 0 spiro atoms. The molecule has 3 nitrogen and oxygen atoms in total. The van der Waals surface area contributed by atoms with Gasteiger partial charge in [0.15, 0.2) is 0 Å². The van der Waals surface area contributed by atoms with Gasteiger partial charge in [0.1, 0.15) is 19.0 Å². The Morgan fingerprint density at radius 3 is 2.44 bits per heavy atom. The summed E-state index contributed by atoms with van der Waals surface area (Å²) in [4.78, 5) is 12.2. The van der Waals surface area contributed by atoms with Crippen LogP contribution in [0.5, 0.6) is 5.75 Å². The van der Waals surface area contributed by atoms with Gasteiger partial charge in [0.05, 0.1) is 5.56 Å². The van der Waals surface area contributed by atoms with Gasteiger partial charge in [0, 0.05) is 11.1 Å². The first-order valence-electron chi connectivity index (χ1n) is 8.94. The van der Waals surface area contributed by atoms with Crippen molar-refractivity contribution in [3.63, 3.8) is 0 Å². The number of hydrogen-bond donors (Lipinski definition) is 0. The molecule has 0 N–H and O–H groups in total. The summed E-state index contributed by atoms with van der Waals surface area (Å²) in [6.45, 7) is 0.575. The van der Waals surface area contributed by atoms with Crippen molar-refractivity contribution in [2.45, 2.75) is 19.3 Å². The largest absolute Gasteiger partial charge is 0.422 e. The Labute approximate surface area is 160 Å². The summed E-state index contributed by atoms with van der Waals surface area (Å²) in [6.07, 6.45) is 4.68. The van der Waals surface area contributed by atoms with Gasteiger partial charge in [0.2, 0.25) is 0 Å². The van der Waals surface area contributed by atoms with E-state index in [1.807, 2.05) is 54.6 Å². The van der Waals surface area contributed by atoms with Gasteiger partial charge in [-0.25, -0.2) is 4.79 Å². The molecular weight excluding hydrogens is 336 g/mol. The topological polar surface area (TPSA) is 35.5 Å². The van der Waals surface area contributed by atoms with Crippen LogP contribution in [0.2, 0.25) is 0 Å². The molecule has 0 atom stereocenters. The van der Waals surface area contributed by atoms with Gasteiger partial charge in [-0.2, -0.15) is 0 Å². The number of esters is 1. The molecule has 0 fully saturated rings. The van der Waals surface area contributed by atoms with Crippen molar-refractivity contribution in [1.82, 2.24) is 0 Å². The maximum Gasteiger partial charge on any atom is 0.339 e. The van der Waals surface area contributed by atoms with E-state index < -0.39 is 0 Å². The molecule has 0 amide bonds. The number of carbonyl (C=O) groups is 1. The molecule has 134 valence electrons. The third-order valence-electron chi connectivity index (χ3n) is 3.97. The molecule has 0 aromatic heterocycles. The van der Waals surface area contributed by atoms with Crippen LogP contribution in [-0.4, -0.2) is 19.2 Å². The van der Waals surface area contributed by atoms with Crippen LogP contribution in [0, 0.1) is 23.7 Å². The predicted octanol–water partition coefficient (Wildman–Crippen LogP) is 4.12. The third kappa shape index (κ3) is 5.89. The highest BCUT2D eigenvalue weighted by molar-refractivity contribution is 5.90. The molecule has 0 radical (unpaired) electrons. The van der Waals surface area contributed by atoms with E-state index in [1.54, 1.807) is 6.07 Å². The molecule has 0 heterocycles. The lowest BCUT2D eigenvalue weighted by Gasteiger charge is -2.06. The SMILES string of the molecule is O=C(Oc1ccccc1C#CCOCC#Cc1ccccc1)C1=CCCC1. The van der Waals surface area contributed by atoms with E-state index >= 15 is 0 Å². The van der Waals surface area contributed by atoms with E-state index in [9.17, 15) is 4.79 Å². The molecule has 2 aromatic rings. The lowest BCUT2D eigenvalue weighted by molar-refractivity contribution is -0.130. The minimum Gasteiger partial charge on any atom is -0.422 e. The van der Waals surface area contributed by atoms with Gasteiger partial charge in [-0.15, -0.1) is 0 Å². The first kappa shape index (κ1) is 18.5. The molecule has 0 saturated carbocycles. The Hall–Kier alpha value is -3.27. The normalized spacial score (nSPS) is 12.2. The molecule has 3 rings (SSSR count). The van der Waals surface area contributed by atoms with Crippen molar-refractivity contribution in [3.8, 4) is 29.4 Å². The van der Waals surface area contributed by atoms with Gasteiger partial charge in [-0.3, -0.25) is 0 Å². The fourth-order valence-electron chi connectivity index (χ4n) is 2.62. The number of benzene rings is 2. The van der Waals surface area contributed by atoms with Gasteiger partial charge in [0.25, 0.3) is 0 Å². The molecule has 1 aliphatic rings. The summed E-state index contributed by atoms with van der Waals surface area (Å²) < 4.78 is 10.9. The number of para-hydroxylation sites is 1. The lowest BCUT2D eigenvalue weighted by atomic mass is 10.2. The summed E-state index contributed by atoms with van der Waals surface area (Å²) in [7, 11) is 0. The average Bonchev–Trinajstić information content (AvgIpc) is 3.24. The monoisotopic (exact) mass is 356 g/mol. The molecule has 0 unspecified atom stereocenters. The molecule has 0 aliphatic heterocycles. The quantitative estimate of drug-likeness (QED) is 0.358. The first-order chi connectivity index (χ1) is 13.3. The second kappa shape index (κ2) is 10.0. The zero-order chi connectivity index (χ0) is 18.7. The molecule has 0 bridgehead atoms. The standard InChI is InChI=1S/C24H20O3/c25-24(22-14-4-5-15-22)27-23-17-7-6-13-21(23)16-9-19-26-18-8-12-20-10-2-1-3-11-20/h1-3,6-7,10-11,13-14,17H,4-5,15,18-19H2. The zero-order valence-electron chi connectivity index (χ0n) is 15.0. The van der Waals surface area contributed by atoms with Crippen molar-refractivity contribution in [2.75, 3.05) is 13.2 Å². The van der Waals surface area contributed by atoms with Crippen LogP contribution in [0.4, 0.5) is 0 Å². The number of hydrogen-bond acceptors (Lipinski definition) is 3. The zero-order valence-corrected chi connectivity index (χ0v) is 15.0. The molecule has 27 heavy (non-hydrogen) atoms. The molecular formula is C24H20O3. The van der Waals surface area contributed by atoms with Crippen molar-refractivity contribution < 1.29 is 14.3 Å². The van der Waals surface area contributed by atoms with E-state index in [1.165, 1.54) is 0 Å². The van der Waals surface area contributed by atoms with Crippen LogP contribution in [0.3, 0.4) is 0 Å². The maximum absolute atomic E-state index is 12.2. The second-order valence-electron chi connectivity index (χ2n) is 5.97. The smallest absolute Gasteiger partial charge is 0.339 e. The Bertz CT molecular complexity index is 934. The highest BCUT2D eigenvalue weighted by atomic mass is 16.5. The van der Waals surface area contributed by atoms with Gasteiger partial charge < -0.3 is 9.47 Å². The molecule has 3 heteroatoms. The summed E-state index contributed by atoms with van der Waals surface area (Å²) in [6, 6.07) is 17.0. The maximum atomic E-state index is 12.2. The van der Waals surface area contributed by atoms with Crippen molar-refractivity contribution in [2.24, 2.45) is 0 Å². The van der Waals surface area contributed by atoms with Gasteiger partial charge >= 0.3 is 5.97 Å². The molecule has 1 aliphatic carbocycles. The predicted molar refractivity (Wildman–Crippen MR) is 105 cm³/mol. The van der Waals surface area contributed by atoms with Crippen LogP contribution >= 0.6 is 0 Å². The van der Waals surface area contributed by atoms with E-state index in [4.69, 9.17) is 9.47 Å². The molecule has 0 saturated heterocycles. The second-order valence-corrected chi connectivity index (χ2v) is 5.97. The number of carbonyl (C=O) groups excluding carboxylic acids is 1. The van der Waals surface area contributed by atoms with Crippen molar-refractivity contribution in [1.29, 1.82) is 0 Å². The Kier molecular flexibility index (Phi) is 6.87. The van der Waals surface area contributed by atoms with E-state index in [-0.39, 0.29) is 12.6 Å². The Morgan fingerprint density at radius 2 is 1.67 bits per heavy atom. The first-order valence-corrected chi connectivity index (χ1v) is 8.94. The summed E-state index contributed by atoms with van der Waals surface area (Å²) in [5.74, 6) is 12.1. The Balaban J connectivity index is 1.51. The van der Waals surface area contributed by atoms with E-state index in [2.05, 4.69) is 23.7 Å². The summed E-state index contributed by atoms with van der Waals surface area (Å²) >= 11 is 0. The van der Waals surface area contributed by atoms with Crippen LogP contribution in [0.1, 0.15) is 30.4 Å².